The Balaban J connectivity index is 2.47. The van der Waals surface area contributed by atoms with Crippen LogP contribution < -0.4 is 5.32 Å². The molecule has 0 amide bonds. The number of carboxylic acids is 1. The van der Waals surface area contributed by atoms with E-state index in [9.17, 15) is 4.79 Å². The van der Waals surface area contributed by atoms with Gasteiger partial charge in [-0.2, -0.15) is 0 Å². The van der Waals surface area contributed by atoms with Crippen molar-refractivity contribution in [1.82, 2.24) is 5.32 Å². The molecule has 2 N–H and O–H groups in total. The molecule has 0 radical (unpaired) electrons. The molecule has 1 unspecified atom stereocenters. The predicted molar refractivity (Wildman–Crippen MR) is 60.0 cm³/mol. The lowest BCUT2D eigenvalue weighted by molar-refractivity contribution is 0.0660. The lowest BCUT2D eigenvalue weighted by Gasteiger charge is -2.12. The summed E-state index contributed by atoms with van der Waals surface area (Å²) in [6.07, 6.45) is 6.81. The van der Waals surface area contributed by atoms with Crippen LogP contribution in [0.3, 0.4) is 0 Å². The fraction of sp³-hybridized carbons (Fsp3) is 0.417. The summed E-state index contributed by atoms with van der Waals surface area (Å²) >= 11 is 0. The van der Waals surface area contributed by atoms with E-state index in [1.807, 2.05) is 6.92 Å². The minimum Gasteiger partial charge on any atom is -0.475 e. The molecule has 1 rings (SSSR count). The van der Waals surface area contributed by atoms with E-state index in [1.54, 1.807) is 6.07 Å². The van der Waals surface area contributed by atoms with Crippen LogP contribution in [0.1, 0.15) is 36.1 Å². The van der Waals surface area contributed by atoms with Crippen LogP contribution >= 0.6 is 0 Å². The predicted octanol–water partition coefficient (Wildman–Crippen LogP) is 1.87. The van der Waals surface area contributed by atoms with Gasteiger partial charge < -0.3 is 14.8 Å². The van der Waals surface area contributed by atoms with Crippen LogP contribution in [0.15, 0.2) is 16.5 Å². The maximum atomic E-state index is 10.6. The van der Waals surface area contributed by atoms with Gasteiger partial charge in [0.15, 0.2) is 0 Å². The van der Waals surface area contributed by atoms with Crippen molar-refractivity contribution in [2.45, 2.75) is 32.4 Å². The first-order valence-corrected chi connectivity index (χ1v) is 5.16. The molecule has 0 aromatic carbocycles. The first-order valence-electron chi connectivity index (χ1n) is 5.16. The zero-order valence-corrected chi connectivity index (χ0v) is 9.19. The van der Waals surface area contributed by atoms with Crippen molar-refractivity contribution >= 4 is 5.97 Å². The molecule has 0 aliphatic rings. The summed E-state index contributed by atoms with van der Waals surface area (Å²) < 4.78 is 5.10. The van der Waals surface area contributed by atoms with Gasteiger partial charge in [0.1, 0.15) is 5.76 Å². The second-order valence-electron chi connectivity index (χ2n) is 3.47. The monoisotopic (exact) mass is 221 g/mol. The lowest BCUT2D eigenvalue weighted by atomic mass is 10.1. The van der Waals surface area contributed by atoms with Crippen molar-refractivity contribution in [3.8, 4) is 12.3 Å². The van der Waals surface area contributed by atoms with Crippen LogP contribution in [0.2, 0.25) is 0 Å². The Kier molecular flexibility index (Phi) is 4.62. The summed E-state index contributed by atoms with van der Waals surface area (Å²) in [7, 11) is 0. The van der Waals surface area contributed by atoms with Gasteiger partial charge >= 0.3 is 5.97 Å². The van der Waals surface area contributed by atoms with E-state index in [4.69, 9.17) is 15.9 Å². The highest BCUT2D eigenvalue weighted by atomic mass is 16.4. The molecule has 0 aliphatic heterocycles. The van der Waals surface area contributed by atoms with Gasteiger partial charge in [-0.3, -0.25) is 0 Å². The Bertz CT molecular complexity index is 389. The van der Waals surface area contributed by atoms with Crippen LogP contribution in [0, 0.1) is 12.3 Å². The van der Waals surface area contributed by atoms with E-state index in [1.165, 1.54) is 6.07 Å². The highest BCUT2D eigenvalue weighted by Crippen LogP contribution is 2.08. The van der Waals surface area contributed by atoms with Crippen molar-refractivity contribution in [2.24, 2.45) is 0 Å². The summed E-state index contributed by atoms with van der Waals surface area (Å²) in [5, 5.41) is 11.9. The second kappa shape index (κ2) is 5.99. The number of nitrogens with one attached hydrogen (secondary N) is 1. The molecule has 4 heteroatoms. The molecular formula is C12H15NO3. The molecule has 1 aromatic rings. The quantitative estimate of drug-likeness (QED) is 0.720. The van der Waals surface area contributed by atoms with Gasteiger partial charge in [-0.25, -0.2) is 4.79 Å². The molecule has 1 aromatic heterocycles. The molecule has 1 heterocycles. The van der Waals surface area contributed by atoms with Crippen molar-refractivity contribution in [1.29, 1.82) is 0 Å². The molecule has 0 aliphatic carbocycles. The number of carbonyl (C=O) groups is 1. The van der Waals surface area contributed by atoms with Crippen molar-refractivity contribution in [2.75, 3.05) is 0 Å². The largest absolute Gasteiger partial charge is 0.475 e. The van der Waals surface area contributed by atoms with E-state index in [2.05, 4.69) is 11.2 Å². The minimum absolute atomic E-state index is 0.0400. The Morgan fingerprint density at radius 1 is 1.69 bits per heavy atom. The first kappa shape index (κ1) is 12.3. The van der Waals surface area contributed by atoms with Crippen molar-refractivity contribution < 1.29 is 14.3 Å². The molecule has 0 saturated carbocycles. The number of furan rings is 1. The number of aromatic carboxylic acids is 1. The normalized spacial score (nSPS) is 12.0. The summed E-state index contributed by atoms with van der Waals surface area (Å²) in [6, 6.07) is 3.34. The summed E-state index contributed by atoms with van der Waals surface area (Å²) in [5.41, 5.74) is 0. The zero-order chi connectivity index (χ0) is 12.0. The molecular weight excluding hydrogens is 206 g/mol. The summed E-state index contributed by atoms with van der Waals surface area (Å²) in [5.74, 6) is 2.10. The standard InChI is InChI=1S/C12H15NO3/c1-3-5-9(4-2)13-8-10-6-7-11(16-10)12(14)15/h1,6-7,9,13H,4-5,8H2,2H3,(H,14,15). The SMILES string of the molecule is C#CCC(CC)NCc1ccc(C(=O)O)o1. The Labute approximate surface area is 94.7 Å². The average molecular weight is 221 g/mol. The van der Waals surface area contributed by atoms with E-state index < -0.39 is 5.97 Å². The highest BCUT2D eigenvalue weighted by molar-refractivity contribution is 5.84. The third-order valence-electron chi connectivity index (χ3n) is 2.29. The molecule has 4 nitrogen and oxygen atoms in total. The third-order valence-corrected chi connectivity index (χ3v) is 2.29. The van der Waals surface area contributed by atoms with E-state index >= 15 is 0 Å². The third kappa shape index (κ3) is 3.44. The van der Waals surface area contributed by atoms with Crippen molar-refractivity contribution in [3.05, 3.63) is 23.7 Å². The van der Waals surface area contributed by atoms with Gasteiger partial charge in [0.25, 0.3) is 0 Å². The lowest BCUT2D eigenvalue weighted by Crippen LogP contribution is -2.27. The fourth-order valence-electron chi connectivity index (χ4n) is 1.34. The van der Waals surface area contributed by atoms with Crippen LogP contribution in [0.25, 0.3) is 0 Å². The average Bonchev–Trinajstić information content (AvgIpc) is 2.73. The Morgan fingerprint density at radius 2 is 2.44 bits per heavy atom. The maximum absolute atomic E-state index is 10.6. The van der Waals surface area contributed by atoms with Gasteiger partial charge in [0.05, 0.1) is 6.54 Å². The molecule has 16 heavy (non-hydrogen) atoms. The summed E-state index contributed by atoms with van der Waals surface area (Å²) in [4.78, 5) is 10.6. The fourth-order valence-corrected chi connectivity index (χ4v) is 1.34. The van der Waals surface area contributed by atoms with Gasteiger partial charge in [0, 0.05) is 12.5 Å². The van der Waals surface area contributed by atoms with Gasteiger partial charge in [-0.1, -0.05) is 6.92 Å². The van der Waals surface area contributed by atoms with Gasteiger partial charge in [-0.15, -0.1) is 12.3 Å². The first-order chi connectivity index (χ1) is 7.67. The van der Waals surface area contributed by atoms with Crippen LogP contribution in [0.4, 0.5) is 0 Å². The van der Waals surface area contributed by atoms with E-state index in [-0.39, 0.29) is 11.8 Å². The number of rotatable bonds is 6. The smallest absolute Gasteiger partial charge is 0.371 e. The van der Waals surface area contributed by atoms with Gasteiger partial charge in [-0.05, 0) is 18.6 Å². The van der Waals surface area contributed by atoms with Crippen LogP contribution in [0.5, 0.6) is 0 Å². The molecule has 0 bridgehead atoms. The number of hydrogen-bond donors (Lipinski definition) is 2. The molecule has 0 saturated heterocycles. The van der Waals surface area contributed by atoms with Crippen LogP contribution in [-0.4, -0.2) is 17.1 Å². The molecule has 0 fully saturated rings. The minimum atomic E-state index is -1.05. The Morgan fingerprint density at radius 3 is 2.94 bits per heavy atom. The van der Waals surface area contributed by atoms with Gasteiger partial charge in [0.2, 0.25) is 5.76 Å². The number of carboxylic acid groups (broad SMARTS) is 1. The van der Waals surface area contributed by atoms with Crippen molar-refractivity contribution in [3.63, 3.8) is 0 Å². The molecule has 1 atom stereocenters. The van der Waals surface area contributed by atoms with E-state index in [0.717, 1.165) is 6.42 Å². The van der Waals surface area contributed by atoms with Crippen LogP contribution in [-0.2, 0) is 6.54 Å². The molecule has 86 valence electrons. The number of terminal acetylenes is 1. The zero-order valence-electron chi connectivity index (χ0n) is 9.19. The Hall–Kier alpha value is -1.73. The second-order valence-corrected chi connectivity index (χ2v) is 3.47. The van der Waals surface area contributed by atoms with E-state index in [0.29, 0.717) is 18.7 Å². The number of hydrogen-bond acceptors (Lipinski definition) is 3. The maximum Gasteiger partial charge on any atom is 0.371 e. The molecule has 0 spiro atoms. The summed E-state index contributed by atoms with van der Waals surface area (Å²) in [6.45, 7) is 2.54. The topological polar surface area (TPSA) is 62.5 Å². The highest BCUT2D eigenvalue weighted by Gasteiger charge is 2.10.